The number of hydrogen-bond donors (Lipinski definition) is 1. The third-order valence-corrected chi connectivity index (χ3v) is 4.27. The molecule has 1 N–H and O–H groups in total. The Morgan fingerprint density at radius 1 is 1.12 bits per heavy atom. The van der Waals surface area contributed by atoms with Crippen molar-refractivity contribution in [2.75, 3.05) is 17.2 Å². The van der Waals surface area contributed by atoms with Crippen LogP contribution >= 0.6 is 0 Å². The van der Waals surface area contributed by atoms with E-state index in [-0.39, 0.29) is 6.54 Å². The summed E-state index contributed by atoms with van der Waals surface area (Å²) in [6.45, 7) is -0.431. The molecule has 2 aromatic carbocycles. The number of anilines is 1. The molecule has 8 heteroatoms. The number of sulfonamides is 1. The highest BCUT2D eigenvalue weighted by Gasteiger charge is 2.18. The maximum Gasteiger partial charge on any atom is 0.341 e. The third kappa shape index (κ3) is 4.95. The summed E-state index contributed by atoms with van der Waals surface area (Å²) in [6.07, 6.45) is 1.07. The normalized spacial score (nSPS) is 11.1. The Balaban J connectivity index is 2.22. The minimum Gasteiger partial charge on any atom is -0.482 e. The van der Waals surface area contributed by atoms with Crippen molar-refractivity contribution in [1.29, 1.82) is 0 Å². The average molecular weight is 353 g/mol. The van der Waals surface area contributed by atoms with E-state index >= 15 is 0 Å². The fourth-order valence-electron chi connectivity index (χ4n) is 2.01. The molecule has 0 atom stereocenters. The fraction of sp³-hybridized carbons (Fsp3) is 0.188. The topological polar surface area (TPSA) is 83.9 Å². The number of ether oxygens (including phenoxy) is 1. The first-order chi connectivity index (χ1) is 11.3. The maximum absolute atomic E-state index is 13.0. The van der Waals surface area contributed by atoms with Crippen LogP contribution in [0.1, 0.15) is 5.56 Å². The molecule has 2 rings (SSSR count). The molecule has 0 heterocycles. The molecular formula is C16H16FNO5S. The minimum atomic E-state index is -3.56. The molecule has 0 spiro atoms. The van der Waals surface area contributed by atoms with Crippen LogP contribution in [-0.4, -0.2) is 32.4 Å². The maximum atomic E-state index is 13.0. The first-order valence-electron chi connectivity index (χ1n) is 6.92. The number of rotatable bonds is 7. The summed E-state index contributed by atoms with van der Waals surface area (Å²) in [5.74, 6) is -1.19. The molecule has 0 aliphatic rings. The van der Waals surface area contributed by atoms with Crippen molar-refractivity contribution in [3.8, 4) is 5.75 Å². The van der Waals surface area contributed by atoms with E-state index < -0.39 is 28.4 Å². The highest BCUT2D eigenvalue weighted by Crippen LogP contribution is 2.23. The lowest BCUT2D eigenvalue weighted by atomic mass is 10.2. The van der Waals surface area contributed by atoms with E-state index in [1.807, 2.05) is 0 Å². The van der Waals surface area contributed by atoms with Gasteiger partial charge in [-0.05, 0) is 42.0 Å². The molecule has 0 saturated heterocycles. The molecule has 0 amide bonds. The van der Waals surface area contributed by atoms with Gasteiger partial charge in [-0.15, -0.1) is 0 Å². The quantitative estimate of drug-likeness (QED) is 0.825. The zero-order valence-corrected chi connectivity index (χ0v) is 13.7. The number of halogens is 1. The van der Waals surface area contributed by atoms with Crippen LogP contribution in [0.15, 0.2) is 48.5 Å². The first-order valence-corrected chi connectivity index (χ1v) is 8.77. The monoisotopic (exact) mass is 353 g/mol. The van der Waals surface area contributed by atoms with E-state index in [9.17, 15) is 17.6 Å². The Bertz CT molecular complexity index is 803. The number of benzene rings is 2. The number of hydrogen-bond acceptors (Lipinski definition) is 4. The molecule has 0 bridgehead atoms. The van der Waals surface area contributed by atoms with E-state index in [1.165, 1.54) is 52.8 Å². The molecule has 24 heavy (non-hydrogen) atoms. The minimum absolute atomic E-state index is 0.0500. The highest BCUT2D eigenvalue weighted by molar-refractivity contribution is 7.92. The molecule has 0 aliphatic carbocycles. The van der Waals surface area contributed by atoms with E-state index in [0.29, 0.717) is 17.0 Å². The molecular weight excluding hydrogens is 337 g/mol. The predicted molar refractivity (Wildman–Crippen MR) is 87.0 cm³/mol. The number of carboxylic acids is 1. The van der Waals surface area contributed by atoms with Gasteiger partial charge in [0.25, 0.3) is 0 Å². The van der Waals surface area contributed by atoms with Crippen molar-refractivity contribution in [3.05, 3.63) is 59.9 Å². The zero-order chi connectivity index (χ0) is 17.7. The van der Waals surface area contributed by atoms with Crippen LogP contribution in [0.5, 0.6) is 5.75 Å². The summed E-state index contributed by atoms with van der Waals surface area (Å²) < 4.78 is 43.2. The zero-order valence-electron chi connectivity index (χ0n) is 12.8. The van der Waals surface area contributed by atoms with Crippen LogP contribution in [-0.2, 0) is 21.4 Å². The largest absolute Gasteiger partial charge is 0.482 e. The second-order valence-electron chi connectivity index (χ2n) is 5.07. The van der Waals surface area contributed by atoms with Crippen molar-refractivity contribution in [2.24, 2.45) is 0 Å². The van der Waals surface area contributed by atoms with Gasteiger partial charge in [-0.1, -0.05) is 12.1 Å². The number of nitrogens with zero attached hydrogens (tertiary/aromatic N) is 1. The van der Waals surface area contributed by atoms with E-state index in [1.54, 1.807) is 0 Å². The van der Waals surface area contributed by atoms with Crippen molar-refractivity contribution in [1.82, 2.24) is 0 Å². The van der Waals surface area contributed by atoms with Gasteiger partial charge in [0.15, 0.2) is 6.61 Å². The third-order valence-electron chi connectivity index (χ3n) is 3.13. The molecule has 0 radical (unpaired) electrons. The van der Waals surface area contributed by atoms with Gasteiger partial charge in [0.05, 0.1) is 18.5 Å². The molecule has 128 valence electrons. The molecule has 6 nitrogen and oxygen atoms in total. The first kappa shape index (κ1) is 17.7. The van der Waals surface area contributed by atoms with Crippen LogP contribution in [0.25, 0.3) is 0 Å². The SMILES string of the molecule is CS(=O)(=O)N(Cc1ccc(F)cc1)c1ccc(OCC(=O)O)cc1. The van der Waals surface area contributed by atoms with Crippen molar-refractivity contribution in [2.45, 2.75) is 6.54 Å². The summed E-state index contributed by atoms with van der Waals surface area (Å²) in [4.78, 5) is 10.5. The van der Waals surface area contributed by atoms with Crippen LogP contribution in [0.4, 0.5) is 10.1 Å². The van der Waals surface area contributed by atoms with E-state index in [4.69, 9.17) is 9.84 Å². The fourth-order valence-corrected chi connectivity index (χ4v) is 2.90. The van der Waals surface area contributed by atoms with Crippen LogP contribution in [0.2, 0.25) is 0 Å². The standard InChI is InChI=1S/C16H16FNO5S/c1-24(21,22)18(10-12-2-4-13(17)5-3-12)14-6-8-15(9-7-14)23-11-16(19)20/h2-9H,10-11H2,1H3,(H,19,20). The second-order valence-corrected chi connectivity index (χ2v) is 6.98. The smallest absolute Gasteiger partial charge is 0.341 e. The lowest BCUT2D eigenvalue weighted by Crippen LogP contribution is -2.29. The van der Waals surface area contributed by atoms with E-state index in [2.05, 4.69) is 0 Å². The molecule has 0 aliphatic heterocycles. The van der Waals surface area contributed by atoms with Gasteiger partial charge < -0.3 is 9.84 Å². The van der Waals surface area contributed by atoms with Gasteiger partial charge in [-0.3, -0.25) is 4.31 Å². The summed E-state index contributed by atoms with van der Waals surface area (Å²) in [6, 6.07) is 11.6. The van der Waals surface area contributed by atoms with Crippen molar-refractivity contribution < 1.29 is 27.4 Å². The predicted octanol–water partition coefficient (Wildman–Crippen LogP) is 2.26. The average Bonchev–Trinajstić information content (AvgIpc) is 2.52. The van der Waals surface area contributed by atoms with Gasteiger partial charge in [-0.2, -0.15) is 0 Å². The number of carbonyl (C=O) groups is 1. The van der Waals surface area contributed by atoms with Gasteiger partial charge in [0.1, 0.15) is 11.6 Å². The van der Waals surface area contributed by atoms with Gasteiger partial charge in [0, 0.05) is 0 Å². The lowest BCUT2D eigenvalue weighted by molar-refractivity contribution is -0.139. The van der Waals surface area contributed by atoms with Crippen molar-refractivity contribution in [3.63, 3.8) is 0 Å². The molecule has 0 fully saturated rings. The molecule has 0 unspecified atom stereocenters. The van der Waals surface area contributed by atoms with Gasteiger partial charge in [-0.25, -0.2) is 17.6 Å². The second kappa shape index (κ2) is 7.31. The lowest BCUT2D eigenvalue weighted by Gasteiger charge is -2.22. The van der Waals surface area contributed by atoms with Crippen molar-refractivity contribution >= 4 is 21.7 Å². The highest BCUT2D eigenvalue weighted by atomic mass is 32.2. The Labute approximate surface area is 139 Å². The number of aliphatic carboxylic acids is 1. The van der Waals surface area contributed by atoms with Gasteiger partial charge >= 0.3 is 5.97 Å². The molecule has 0 aromatic heterocycles. The Hall–Kier alpha value is -2.61. The Kier molecular flexibility index (Phi) is 5.40. The Morgan fingerprint density at radius 2 is 1.71 bits per heavy atom. The number of carboxylic acid groups (broad SMARTS) is 1. The van der Waals surface area contributed by atoms with Crippen LogP contribution in [0.3, 0.4) is 0 Å². The molecule has 2 aromatic rings. The Morgan fingerprint density at radius 3 is 2.21 bits per heavy atom. The summed E-state index contributed by atoms with van der Waals surface area (Å²) >= 11 is 0. The summed E-state index contributed by atoms with van der Waals surface area (Å²) in [5.41, 5.74) is 1.03. The van der Waals surface area contributed by atoms with E-state index in [0.717, 1.165) is 6.26 Å². The summed E-state index contributed by atoms with van der Waals surface area (Å²) in [7, 11) is -3.56. The van der Waals surface area contributed by atoms with Crippen LogP contribution in [0, 0.1) is 5.82 Å². The van der Waals surface area contributed by atoms with Gasteiger partial charge in [0.2, 0.25) is 10.0 Å². The van der Waals surface area contributed by atoms with Crippen LogP contribution < -0.4 is 9.04 Å². The molecule has 0 saturated carbocycles. The summed E-state index contributed by atoms with van der Waals surface area (Å²) in [5, 5.41) is 8.57.